The number of halogens is 1. The molecule has 1 aliphatic carbocycles. The van der Waals surface area contributed by atoms with Crippen LogP contribution in [0.1, 0.15) is 45.1 Å². The van der Waals surface area contributed by atoms with E-state index in [1.54, 1.807) is 13.0 Å². The van der Waals surface area contributed by atoms with Crippen molar-refractivity contribution in [3.63, 3.8) is 0 Å². The maximum absolute atomic E-state index is 12.2. The van der Waals surface area contributed by atoms with Gasteiger partial charge in [0.25, 0.3) is 0 Å². The largest absolute Gasteiger partial charge is 0.465 e. The Bertz CT molecular complexity index is 471. The Kier molecular flexibility index (Phi) is 6.73. The minimum atomic E-state index is -0.619. The molecular weight excluding hydrogens is 276 g/mol. The Morgan fingerprint density at radius 3 is 2.55 bits per heavy atom. The SMILES string of the molecule is CC.CCOC(=O)C1CCC(c2ccccc2Cl)C1=O. The number of ketones is 1. The van der Waals surface area contributed by atoms with E-state index in [-0.39, 0.29) is 11.7 Å². The molecule has 20 heavy (non-hydrogen) atoms. The maximum atomic E-state index is 12.2. The molecule has 0 N–H and O–H groups in total. The summed E-state index contributed by atoms with van der Waals surface area (Å²) < 4.78 is 4.92. The fourth-order valence-corrected chi connectivity index (χ4v) is 2.67. The lowest BCUT2D eigenvalue weighted by Crippen LogP contribution is -2.23. The van der Waals surface area contributed by atoms with Crippen LogP contribution in [0.2, 0.25) is 5.02 Å². The highest BCUT2D eigenvalue weighted by molar-refractivity contribution is 6.31. The van der Waals surface area contributed by atoms with Gasteiger partial charge >= 0.3 is 5.97 Å². The first-order valence-corrected chi connectivity index (χ1v) is 7.47. The van der Waals surface area contributed by atoms with Crippen LogP contribution >= 0.6 is 11.6 Å². The fraction of sp³-hybridized carbons (Fsp3) is 0.500. The van der Waals surface area contributed by atoms with Crippen molar-refractivity contribution in [1.82, 2.24) is 0 Å². The first kappa shape index (κ1) is 16.7. The molecule has 0 aromatic heterocycles. The Morgan fingerprint density at radius 2 is 1.95 bits per heavy atom. The van der Waals surface area contributed by atoms with E-state index in [1.165, 1.54) is 0 Å². The molecule has 2 rings (SSSR count). The smallest absolute Gasteiger partial charge is 0.316 e. The Balaban J connectivity index is 0.000000956. The van der Waals surface area contributed by atoms with Crippen molar-refractivity contribution in [1.29, 1.82) is 0 Å². The Hall–Kier alpha value is -1.35. The van der Waals surface area contributed by atoms with Gasteiger partial charge in [0.2, 0.25) is 0 Å². The fourth-order valence-electron chi connectivity index (χ4n) is 2.40. The van der Waals surface area contributed by atoms with Crippen molar-refractivity contribution in [3.8, 4) is 0 Å². The number of ether oxygens (including phenoxy) is 1. The predicted octanol–water partition coefficient (Wildman–Crippen LogP) is 3.99. The van der Waals surface area contributed by atoms with E-state index in [4.69, 9.17) is 16.3 Å². The van der Waals surface area contributed by atoms with Crippen LogP contribution < -0.4 is 0 Å². The second-order valence-electron chi connectivity index (χ2n) is 4.36. The summed E-state index contributed by atoms with van der Waals surface area (Å²) in [6.07, 6.45) is 1.21. The van der Waals surface area contributed by atoms with Crippen LogP contribution in [-0.2, 0) is 14.3 Å². The lowest BCUT2D eigenvalue weighted by molar-refractivity contribution is -0.150. The molecule has 1 aromatic rings. The minimum absolute atomic E-state index is 0.0680. The van der Waals surface area contributed by atoms with E-state index < -0.39 is 11.9 Å². The number of benzene rings is 1. The topological polar surface area (TPSA) is 43.4 Å². The van der Waals surface area contributed by atoms with Gasteiger partial charge in [-0.05, 0) is 31.4 Å². The molecule has 0 saturated heterocycles. The van der Waals surface area contributed by atoms with Crippen molar-refractivity contribution < 1.29 is 14.3 Å². The molecule has 0 radical (unpaired) electrons. The van der Waals surface area contributed by atoms with Gasteiger partial charge in [-0.25, -0.2) is 0 Å². The molecule has 1 aromatic carbocycles. The monoisotopic (exact) mass is 296 g/mol. The lowest BCUT2D eigenvalue weighted by atomic mass is 9.95. The van der Waals surface area contributed by atoms with Crippen molar-refractivity contribution >= 4 is 23.4 Å². The molecule has 3 nitrogen and oxygen atoms in total. The van der Waals surface area contributed by atoms with Crippen LogP contribution in [0.4, 0.5) is 0 Å². The number of esters is 1. The van der Waals surface area contributed by atoms with E-state index in [2.05, 4.69) is 0 Å². The summed E-state index contributed by atoms with van der Waals surface area (Å²) in [4.78, 5) is 23.9. The van der Waals surface area contributed by atoms with Gasteiger partial charge in [0.15, 0.2) is 5.78 Å². The highest BCUT2D eigenvalue weighted by Gasteiger charge is 2.40. The molecular formula is C16H21ClO3. The molecule has 0 bridgehead atoms. The number of hydrogen-bond acceptors (Lipinski definition) is 3. The second kappa shape index (κ2) is 8.05. The Morgan fingerprint density at radius 1 is 1.30 bits per heavy atom. The van der Waals surface area contributed by atoms with E-state index in [0.29, 0.717) is 24.5 Å². The van der Waals surface area contributed by atoms with Gasteiger partial charge in [-0.3, -0.25) is 9.59 Å². The van der Waals surface area contributed by atoms with Crippen molar-refractivity contribution in [2.45, 2.75) is 39.5 Å². The average molecular weight is 297 g/mol. The first-order valence-electron chi connectivity index (χ1n) is 7.10. The standard InChI is InChI=1S/C14H15ClO3.C2H6/c1-2-18-14(17)11-8-7-10(13(11)16)9-5-3-4-6-12(9)15;1-2/h3-6,10-11H,2,7-8H2,1H3;1-2H3. The molecule has 4 heteroatoms. The highest BCUT2D eigenvalue weighted by atomic mass is 35.5. The molecule has 2 unspecified atom stereocenters. The van der Waals surface area contributed by atoms with E-state index in [0.717, 1.165) is 5.56 Å². The summed E-state index contributed by atoms with van der Waals surface area (Å²) in [6, 6.07) is 7.29. The van der Waals surface area contributed by atoms with Crippen LogP contribution in [-0.4, -0.2) is 18.4 Å². The molecule has 0 aliphatic heterocycles. The van der Waals surface area contributed by atoms with Crippen LogP contribution in [0.5, 0.6) is 0 Å². The quantitative estimate of drug-likeness (QED) is 0.625. The van der Waals surface area contributed by atoms with Gasteiger partial charge in [0.1, 0.15) is 5.92 Å². The van der Waals surface area contributed by atoms with Gasteiger partial charge in [-0.2, -0.15) is 0 Å². The molecule has 1 aliphatic rings. The highest BCUT2D eigenvalue weighted by Crippen LogP contribution is 2.38. The zero-order valence-electron chi connectivity index (χ0n) is 12.2. The van der Waals surface area contributed by atoms with E-state index in [1.807, 2.05) is 32.0 Å². The molecule has 0 spiro atoms. The first-order chi connectivity index (χ1) is 9.65. The number of carbonyl (C=O) groups is 2. The van der Waals surface area contributed by atoms with Gasteiger partial charge in [0, 0.05) is 10.9 Å². The van der Waals surface area contributed by atoms with Gasteiger partial charge in [-0.1, -0.05) is 43.6 Å². The lowest BCUT2D eigenvalue weighted by Gasteiger charge is -2.11. The summed E-state index contributed by atoms with van der Waals surface area (Å²) in [6.45, 7) is 6.04. The van der Waals surface area contributed by atoms with Crippen molar-refractivity contribution in [2.75, 3.05) is 6.61 Å². The van der Waals surface area contributed by atoms with Crippen LogP contribution in [0.15, 0.2) is 24.3 Å². The predicted molar refractivity (Wildman–Crippen MR) is 79.9 cm³/mol. The van der Waals surface area contributed by atoms with Crippen LogP contribution in [0.25, 0.3) is 0 Å². The third-order valence-electron chi connectivity index (χ3n) is 3.28. The second-order valence-corrected chi connectivity index (χ2v) is 4.77. The number of Topliss-reactive ketones (excluding diaryl/α,β-unsaturated/α-hetero) is 1. The zero-order valence-corrected chi connectivity index (χ0v) is 12.9. The summed E-state index contributed by atoms with van der Waals surface area (Å²) in [5.41, 5.74) is 0.816. The van der Waals surface area contributed by atoms with Gasteiger partial charge < -0.3 is 4.74 Å². The minimum Gasteiger partial charge on any atom is -0.465 e. The van der Waals surface area contributed by atoms with Gasteiger partial charge in [0.05, 0.1) is 6.61 Å². The molecule has 1 saturated carbocycles. The van der Waals surface area contributed by atoms with Gasteiger partial charge in [-0.15, -0.1) is 0 Å². The molecule has 110 valence electrons. The third kappa shape index (κ3) is 3.60. The third-order valence-corrected chi connectivity index (χ3v) is 3.63. The average Bonchev–Trinajstić information content (AvgIpc) is 2.84. The normalized spacial score (nSPS) is 21.1. The number of carbonyl (C=O) groups excluding carboxylic acids is 2. The molecule has 0 heterocycles. The van der Waals surface area contributed by atoms with E-state index in [9.17, 15) is 9.59 Å². The zero-order chi connectivity index (χ0) is 15.1. The van der Waals surface area contributed by atoms with Crippen molar-refractivity contribution in [3.05, 3.63) is 34.9 Å². The van der Waals surface area contributed by atoms with E-state index >= 15 is 0 Å². The number of hydrogen-bond donors (Lipinski definition) is 0. The molecule has 1 fully saturated rings. The van der Waals surface area contributed by atoms with Crippen molar-refractivity contribution in [2.24, 2.45) is 5.92 Å². The summed E-state index contributed by atoms with van der Waals surface area (Å²) >= 11 is 6.09. The maximum Gasteiger partial charge on any atom is 0.316 e. The summed E-state index contributed by atoms with van der Waals surface area (Å²) in [5.74, 6) is -1.36. The Labute approximate surface area is 125 Å². The summed E-state index contributed by atoms with van der Waals surface area (Å²) in [5, 5.41) is 0.584. The molecule has 2 atom stereocenters. The molecule has 0 amide bonds. The van der Waals surface area contributed by atoms with Crippen LogP contribution in [0.3, 0.4) is 0 Å². The number of rotatable bonds is 3. The van der Waals surface area contributed by atoms with Crippen LogP contribution in [0, 0.1) is 5.92 Å². The summed E-state index contributed by atoms with van der Waals surface area (Å²) in [7, 11) is 0.